The van der Waals surface area contributed by atoms with E-state index < -0.39 is 12.1 Å². The molecule has 0 saturated carbocycles. The smallest absolute Gasteiger partial charge is 0.329 e. The highest BCUT2D eigenvalue weighted by Gasteiger charge is 2.38. The summed E-state index contributed by atoms with van der Waals surface area (Å²) in [5, 5.41) is 5.91. The van der Waals surface area contributed by atoms with Gasteiger partial charge in [0.05, 0.1) is 18.2 Å². The van der Waals surface area contributed by atoms with Crippen molar-refractivity contribution in [3.05, 3.63) is 72.8 Å². The molecule has 0 unspecified atom stereocenters. The monoisotopic (exact) mass is 400 g/mol. The summed E-state index contributed by atoms with van der Waals surface area (Å²) in [6, 6.07) is 9.71. The zero-order valence-corrected chi connectivity index (χ0v) is 14.5. The molecule has 0 spiro atoms. The third-order valence-electron chi connectivity index (χ3n) is 3.85. The van der Waals surface area contributed by atoms with Gasteiger partial charge in [0.1, 0.15) is 5.69 Å². The quantitative estimate of drug-likeness (QED) is 0.562. The van der Waals surface area contributed by atoms with Gasteiger partial charge in [0, 0.05) is 23.6 Å². The number of aromatic nitrogens is 5. The molecule has 29 heavy (non-hydrogen) atoms. The predicted octanol–water partition coefficient (Wildman–Crippen LogP) is 3.59. The molecule has 3 heterocycles. The Morgan fingerprint density at radius 3 is 2.48 bits per heavy atom. The molecule has 11 heteroatoms. The van der Waals surface area contributed by atoms with E-state index in [-0.39, 0.29) is 17.4 Å². The van der Waals surface area contributed by atoms with Crippen LogP contribution in [0.15, 0.2) is 65.8 Å². The molecule has 0 aliphatic heterocycles. The van der Waals surface area contributed by atoms with E-state index in [1.54, 1.807) is 47.6 Å². The van der Waals surface area contributed by atoms with E-state index in [1.165, 1.54) is 18.3 Å². The number of benzene rings is 1. The highest BCUT2D eigenvalue weighted by molar-refractivity contribution is 6.04. The second-order valence-electron chi connectivity index (χ2n) is 5.82. The minimum Gasteiger partial charge on any atom is -0.329 e. The molecule has 0 bridgehead atoms. The Labute approximate surface area is 161 Å². The van der Waals surface area contributed by atoms with E-state index in [1.807, 2.05) is 0 Å². The molecule has 0 atom stereocenters. The molecular formula is C18H11F3N6O2. The lowest BCUT2D eigenvalue weighted by Gasteiger charge is -2.07. The van der Waals surface area contributed by atoms with Gasteiger partial charge in [-0.15, -0.1) is 0 Å². The van der Waals surface area contributed by atoms with Crippen LogP contribution in [0, 0.1) is 0 Å². The van der Waals surface area contributed by atoms with Crippen LogP contribution < -0.4 is 5.32 Å². The lowest BCUT2D eigenvalue weighted by atomic mass is 10.2. The van der Waals surface area contributed by atoms with Crippen LogP contribution in [0.3, 0.4) is 0 Å². The van der Waals surface area contributed by atoms with Crippen molar-refractivity contribution in [1.82, 2.24) is 24.7 Å². The fourth-order valence-electron chi connectivity index (χ4n) is 2.44. The second kappa shape index (κ2) is 7.19. The fraction of sp³-hybridized carbons (Fsp3) is 0.0556. The summed E-state index contributed by atoms with van der Waals surface area (Å²) in [5.41, 5.74) is 1.71. The van der Waals surface area contributed by atoms with Gasteiger partial charge >= 0.3 is 12.1 Å². The van der Waals surface area contributed by atoms with E-state index in [2.05, 4.69) is 29.9 Å². The highest BCUT2D eigenvalue weighted by Crippen LogP contribution is 2.29. The first-order chi connectivity index (χ1) is 13.9. The molecule has 0 saturated heterocycles. The number of halogens is 3. The molecule has 146 valence electrons. The lowest BCUT2D eigenvalue weighted by Crippen LogP contribution is -2.12. The van der Waals surface area contributed by atoms with Crippen molar-refractivity contribution in [2.45, 2.75) is 6.18 Å². The number of imidazole rings is 1. The topological polar surface area (TPSA) is 98.7 Å². The van der Waals surface area contributed by atoms with Gasteiger partial charge in [-0.1, -0.05) is 5.16 Å². The maximum Gasteiger partial charge on any atom is 0.471 e. The first kappa shape index (κ1) is 18.3. The van der Waals surface area contributed by atoms with Crippen molar-refractivity contribution in [1.29, 1.82) is 0 Å². The van der Waals surface area contributed by atoms with Crippen molar-refractivity contribution in [2.75, 3.05) is 5.32 Å². The van der Waals surface area contributed by atoms with Crippen molar-refractivity contribution in [3.8, 4) is 17.2 Å². The van der Waals surface area contributed by atoms with E-state index in [9.17, 15) is 18.0 Å². The average Bonchev–Trinajstić information content (AvgIpc) is 3.41. The van der Waals surface area contributed by atoms with Crippen molar-refractivity contribution in [3.63, 3.8) is 0 Å². The minimum absolute atomic E-state index is 0.0759. The Hall–Kier alpha value is -4.02. The van der Waals surface area contributed by atoms with Gasteiger partial charge in [0.15, 0.2) is 0 Å². The number of hydrogen-bond donors (Lipinski definition) is 1. The summed E-state index contributed by atoms with van der Waals surface area (Å²) in [5.74, 6) is -2.12. The number of anilines is 1. The van der Waals surface area contributed by atoms with Crippen LogP contribution in [0.2, 0.25) is 0 Å². The maximum atomic E-state index is 12.5. The molecule has 1 amide bonds. The molecular weight excluding hydrogens is 389 g/mol. The van der Waals surface area contributed by atoms with Gasteiger partial charge < -0.3 is 14.4 Å². The standard InChI is InChI=1S/C18H11F3N6O2/c19-18(20,21)17-25-15(26-29-17)14-6-3-12(9-23-14)24-16(28)11-1-4-13(5-2-11)27-8-7-22-10-27/h1-10H,(H,24,28). The Kier molecular flexibility index (Phi) is 4.55. The van der Waals surface area contributed by atoms with Gasteiger partial charge in [-0.05, 0) is 36.4 Å². The van der Waals surface area contributed by atoms with E-state index in [0.717, 1.165) is 5.69 Å². The molecule has 4 aromatic rings. The summed E-state index contributed by atoms with van der Waals surface area (Å²) in [4.78, 5) is 23.5. The van der Waals surface area contributed by atoms with Gasteiger partial charge in [-0.3, -0.25) is 9.78 Å². The number of hydrogen-bond acceptors (Lipinski definition) is 6. The van der Waals surface area contributed by atoms with E-state index in [0.29, 0.717) is 11.3 Å². The predicted molar refractivity (Wildman–Crippen MR) is 94.0 cm³/mol. The number of pyridine rings is 1. The molecule has 4 rings (SSSR count). The molecule has 3 aromatic heterocycles. The lowest BCUT2D eigenvalue weighted by molar-refractivity contribution is -0.159. The Balaban J connectivity index is 1.44. The highest BCUT2D eigenvalue weighted by atomic mass is 19.4. The molecule has 1 N–H and O–H groups in total. The Bertz CT molecular complexity index is 1120. The van der Waals surface area contributed by atoms with Crippen LogP contribution in [-0.2, 0) is 6.18 Å². The zero-order valence-electron chi connectivity index (χ0n) is 14.5. The van der Waals surface area contributed by atoms with Gasteiger partial charge in [-0.25, -0.2) is 4.98 Å². The third-order valence-corrected chi connectivity index (χ3v) is 3.85. The summed E-state index contributed by atoms with van der Waals surface area (Å²) < 4.78 is 43.5. The second-order valence-corrected chi connectivity index (χ2v) is 5.82. The normalized spacial score (nSPS) is 11.4. The first-order valence-electron chi connectivity index (χ1n) is 8.17. The van der Waals surface area contributed by atoms with Crippen LogP contribution >= 0.6 is 0 Å². The molecule has 8 nitrogen and oxygen atoms in total. The largest absolute Gasteiger partial charge is 0.471 e. The van der Waals surface area contributed by atoms with Crippen LogP contribution in [0.1, 0.15) is 16.2 Å². The molecule has 0 fully saturated rings. The van der Waals surface area contributed by atoms with Gasteiger partial charge in [-0.2, -0.15) is 18.2 Å². The Morgan fingerprint density at radius 1 is 1.10 bits per heavy atom. The van der Waals surface area contributed by atoms with Crippen LogP contribution in [0.5, 0.6) is 0 Å². The third kappa shape index (κ3) is 3.98. The number of nitrogens with one attached hydrogen (secondary N) is 1. The van der Waals surface area contributed by atoms with Crippen LogP contribution in [-0.4, -0.2) is 30.6 Å². The number of carbonyl (C=O) groups is 1. The van der Waals surface area contributed by atoms with Crippen LogP contribution in [0.4, 0.5) is 18.9 Å². The summed E-state index contributed by atoms with van der Waals surface area (Å²) >= 11 is 0. The molecule has 0 aliphatic carbocycles. The van der Waals surface area contributed by atoms with Crippen molar-refractivity contribution in [2.24, 2.45) is 0 Å². The van der Waals surface area contributed by atoms with E-state index >= 15 is 0 Å². The van der Waals surface area contributed by atoms with Crippen LogP contribution in [0.25, 0.3) is 17.2 Å². The van der Waals surface area contributed by atoms with Gasteiger partial charge in [0.25, 0.3) is 5.91 Å². The summed E-state index contributed by atoms with van der Waals surface area (Å²) in [7, 11) is 0. The SMILES string of the molecule is O=C(Nc1ccc(-c2noc(C(F)(F)F)n2)nc1)c1ccc(-n2ccnc2)cc1. The first-order valence-corrected chi connectivity index (χ1v) is 8.17. The number of alkyl halides is 3. The molecule has 0 radical (unpaired) electrons. The number of nitrogens with zero attached hydrogens (tertiary/aromatic N) is 5. The average molecular weight is 400 g/mol. The molecule has 0 aliphatic rings. The van der Waals surface area contributed by atoms with E-state index in [4.69, 9.17) is 0 Å². The summed E-state index contributed by atoms with van der Waals surface area (Å²) in [6.07, 6.45) is 1.63. The van der Waals surface area contributed by atoms with Crippen molar-refractivity contribution >= 4 is 11.6 Å². The number of rotatable bonds is 4. The van der Waals surface area contributed by atoms with Crippen molar-refractivity contribution < 1.29 is 22.5 Å². The number of carbonyl (C=O) groups excluding carboxylic acids is 1. The maximum absolute atomic E-state index is 12.5. The zero-order chi connectivity index (χ0) is 20.4. The summed E-state index contributed by atoms with van der Waals surface area (Å²) in [6.45, 7) is 0. The fourth-order valence-corrected chi connectivity index (χ4v) is 2.44. The van der Waals surface area contributed by atoms with Gasteiger partial charge in [0.2, 0.25) is 5.82 Å². The Morgan fingerprint density at radius 2 is 1.90 bits per heavy atom. The molecule has 1 aromatic carbocycles. The minimum atomic E-state index is -4.73. The number of amides is 1.